The molecule has 0 saturated carbocycles. The lowest BCUT2D eigenvalue weighted by Crippen LogP contribution is -2.15. The standard InChI is InChI=1S/C49H35NO/c1-49(2)41-26-9-5-22-40(41)47-37(23-15-27-42(47)49)34-19-6-10-28-44(34)50(43-30-13-17-32-16-3-4-18-33(32)43)45-29-11-7-20-35(45)38-24-14-25-39-36-21-8-12-31-46(36)51-48(38)39/h3-31H,1-2H3. The molecule has 242 valence electrons. The van der Waals surface area contributed by atoms with Gasteiger partial charge in [0.05, 0.1) is 17.1 Å². The highest BCUT2D eigenvalue weighted by atomic mass is 16.3. The van der Waals surface area contributed by atoms with Gasteiger partial charge in [-0.25, -0.2) is 0 Å². The molecular weight excluding hydrogens is 619 g/mol. The average molecular weight is 654 g/mol. The summed E-state index contributed by atoms with van der Waals surface area (Å²) < 4.78 is 6.63. The Morgan fingerprint density at radius 1 is 0.392 bits per heavy atom. The predicted molar refractivity (Wildman–Crippen MR) is 214 cm³/mol. The molecule has 0 fully saturated rings. The van der Waals surface area contributed by atoms with Crippen molar-refractivity contribution >= 4 is 49.8 Å². The Hall–Kier alpha value is -6.38. The lowest BCUT2D eigenvalue weighted by atomic mass is 9.82. The first-order valence-electron chi connectivity index (χ1n) is 17.7. The molecule has 1 aliphatic carbocycles. The summed E-state index contributed by atoms with van der Waals surface area (Å²) >= 11 is 0. The van der Waals surface area contributed by atoms with Crippen molar-refractivity contribution in [2.75, 3.05) is 4.90 Å². The molecule has 1 heterocycles. The minimum absolute atomic E-state index is 0.0932. The van der Waals surface area contributed by atoms with E-state index in [0.29, 0.717) is 0 Å². The predicted octanol–water partition coefficient (Wildman–Crippen LogP) is 13.8. The molecule has 8 aromatic carbocycles. The molecule has 51 heavy (non-hydrogen) atoms. The van der Waals surface area contributed by atoms with Crippen LogP contribution in [0.25, 0.3) is 66.1 Å². The SMILES string of the molecule is CC1(C)c2ccccc2-c2c(-c3ccccc3N(c3ccccc3-c3cccc4c3oc3ccccc34)c3cccc4ccccc34)cccc21. The molecule has 2 heteroatoms. The Labute approximate surface area is 297 Å². The summed E-state index contributed by atoms with van der Waals surface area (Å²) in [6.07, 6.45) is 0. The summed E-state index contributed by atoms with van der Waals surface area (Å²) in [5.41, 5.74) is 15.0. The summed E-state index contributed by atoms with van der Waals surface area (Å²) in [4.78, 5) is 2.47. The van der Waals surface area contributed by atoms with Gasteiger partial charge in [-0.15, -0.1) is 0 Å². The Kier molecular flexibility index (Phi) is 6.56. The summed E-state index contributed by atoms with van der Waals surface area (Å²) in [5, 5.41) is 4.64. The highest BCUT2D eigenvalue weighted by Gasteiger charge is 2.37. The fourth-order valence-corrected chi connectivity index (χ4v) is 8.52. The quantitative estimate of drug-likeness (QED) is 0.184. The third-order valence-corrected chi connectivity index (χ3v) is 10.9. The van der Waals surface area contributed by atoms with E-state index in [1.165, 1.54) is 44.2 Å². The number of benzene rings is 8. The van der Waals surface area contributed by atoms with E-state index in [1.54, 1.807) is 0 Å². The molecule has 10 rings (SSSR count). The Bertz CT molecular complexity index is 2800. The zero-order valence-corrected chi connectivity index (χ0v) is 28.6. The first-order chi connectivity index (χ1) is 25.1. The second-order valence-electron chi connectivity index (χ2n) is 14.0. The van der Waals surface area contributed by atoms with Crippen molar-refractivity contribution in [3.05, 3.63) is 187 Å². The topological polar surface area (TPSA) is 16.4 Å². The molecule has 1 aliphatic rings. The Morgan fingerprint density at radius 3 is 1.73 bits per heavy atom. The number of rotatable bonds is 5. The van der Waals surface area contributed by atoms with Gasteiger partial charge in [0, 0.05) is 38.3 Å². The minimum Gasteiger partial charge on any atom is -0.455 e. The van der Waals surface area contributed by atoms with Crippen molar-refractivity contribution in [2.45, 2.75) is 19.3 Å². The third-order valence-electron chi connectivity index (χ3n) is 10.9. The van der Waals surface area contributed by atoms with E-state index in [2.05, 4.69) is 189 Å². The van der Waals surface area contributed by atoms with Crippen LogP contribution in [0.2, 0.25) is 0 Å². The number of anilines is 3. The van der Waals surface area contributed by atoms with Crippen LogP contribution in [0.3, 0.4) is 0 Å². The first kappa shape index (κ1) is 29.5. The number of furan rings is 1. The summed E-state index contributed by atoms with van der Waals surface area (Å²) in [6, 6.07) is 63.6. The van der Waals surface area contributed by atoms with Crippen LogP contribution >= 0.6 is 0 Å². The van der Waals surface area contributed by atoms with Gasteiger partial charge in [-0.05, 0) is 57.5 Å². The highest BCUT2D eigenvalue weighted by Crippen LogP contribution is 2.54. The molecular formula is C49H35NO. The van der Waals surface area contributed by atoms with E-state index in [-0.39, 0.29) is 5.41 Å². The monoisotopic (exact) mass is 653 g/mol. The van der Waals surface area contributed by atoms with Gasteiger partial charge in [-0.2, -0.15) is 0 Å². The smallest absolute Gasteiger partial charge is 0.143 e. The molecule has 2 nitrogen and oxygen atoms in total. The minimum atomic E-state index is -0.0932. The maximum absolute atomic E-state index is 6.63. The number of hydrogen-bond acceptors (Lipinski definition) is 2. The Morgan fingerprint density at radius 2 is 0.902 bits per heavy atom. The fraction of sp³-hybridized carbons (Fsp3) is 0.0612. The molecule has 0 amide bonds. The van der Waals surface area contributed by atoms with E-state index in [1.807, 2.05) is 6.07 Å². The molecule has 0 N–H and O–H groups in total. The fourth-order valence-electron chi connectivity index (χ4n) is 8.52. The number of nitrogens with zero attached hydrogens (tertiary/aromatic N) is 1. The van der Waals surface area contributed by atoms with Crippen LogP contribution in [0, 0.1) is 0 Å². The zero-order valence-electron chi connectivity index (χ0n) is 28.6. The molecule has 0 bridgehead atoms. The van der Waals surface area contributed by atoms with E-state index >= 15 is 0 Å². The zero-order chi connectivity index (χ0) is 34.1. The Balaban J connectivity index is 1.28. The second kappa shape index (κ2) is 11.3. The highest BCUT2D eigenvalue weighted by molar-refractivity contribution is 6.12. The lowest BCUT2D eigenvalue weighted by molar-refractivity contribution is 0.660. The van der Waals surface area contributed by atoms with Gasteiger partial charge >= 0.3 is 0 Å². The van der Waals surface area contributed by atoms with Gasteiger partial charge in [-0.3, -0.25) is 0 Å². The van der Waals surface area contributed by atoms with Gasteiger partial charge in [0.2, 0.25) is 0 Å². The average Bonchev–Trinajstić information content (AvgIpc) is 3.68. The van der Waals surface area contributed by atoms with E-state index in [4.69, 9.17) is 4.42 Å². The largest absolute Gasteiger partial charge is 0.455 e. The van der Waals surface area contributed by atoms with Crippen LogP contribution in [0.15, 0.2) is 180 Å². The van der Waals surface area contributed by atoms with Crippen molar-refractivity contribution in [3.8, 4) is 33.4 Å². The number of fused-ring (bicyclic) bond motifs is 7. The first-order valence-corrected chi connectivity index (χ1v) is 17.7. The van der Waals surface area contributed by atoms with Crippen LogP contribution in [0.5, 0.6) is 0 Å². The molecule has 0 radical (unpaired) electrons. The molecule has 0 aliphatic heterocycles. The normalized spacial score (nSPS) is 13.1. The second-order valence-corrected chi connectivity index (χ2v) is 14.0. The van der Waals surface area contributed by atoms with Crippen LogP contribution in [0.4, 0.5) is 17.1 Å². The van der Waals surface area contributed by atoms with Crippen molar-refractivity contribution < 1.29 is 4.42 Å². The van der Waals surface area contributed by atoms with Crippen molar-refractivity contribution in [1.29, 1.82) is 0 Å². The molecule has 0 spiro atoms. The molecule has 1 aromatic heterocycles. The third kappa shape index (κ3) is 4.43. The van der Waals surface area contributed by atoms with Crippen molar-refractivity contribution in [2.24, 2.45) is 0 Å². The maximum Gasteiger partial charge on any atom is 0.143 e. The lowest BCUT2D eigenvalue weighted by Gasteiger charge is -2.31. The number of hydrogen-bond donors (Lipinski definition) is 0. The summed E-state index contributed by atoms with van der Waals surface area (Å²) in [5.74, 6) is 0. The molecule has 0 unspecified atom stereocenters. The van der Waals surface area contributed by atoms with Crippen molar-refractivity contribution in [3.63, 3.8) is 0 Å². The van der Waals surface area contributed by atoms with Crippen molar-refractivity contribution in [1.82, 2.24) is 0 Å². The van der Waals surface area contributed by atoms with Gasteiger partial charge in [0.1, 0.15) is 11.2 Å². The number of para-hydroxylation sites is 4. The molecule has 0 saturated heterocycles. The molecule has 0 atom stereocenters. The van der Waals surface area contributed by atoms with Gasteiger partial charge < -0.3 is 9.32 Å². The van der Waals surface area contributed by atoms with Crippen LogP contribution in [-0.2, 0) is 5.41 Å². The van der Waals surface area contributed by atoms with E-state index < -0.39 is 0 Å². The van der Waals surface area contributed by atoms with E-state index in [0.717, 1.165) is 50.1 Å². The maximum atomic E-state index is 6.63. The van der Waals surface area contributed by atoms with Crippen LogP contribution < -0.4 is 4.90 Å². The van der Waals surface area contributed by atoms with E-state index in [9.17, 15) is 0 Å². The van der Waals surface area contributed by atoms with Gasteiger partial charge in [-0.1, -0.05) is 166 Å². The summed E-state index contributed by atoms with van der Waals surface area (Å²) in [6.45, 7) is 4.70. The van der Waals surface area contributed by atoms with Gasteiger partial charge in [0.25, 0.3) is 0 Å². The van der Waals surface area contributed by atoms with Gasteiger partial charge in [0.15, 0.2) is 0 Å². The molecule has 9 aromatic rings. The summed E-state index contributed by atoms with van der Waals surface area (Å²) in [7, 11) is 0. The van der Waals surface area contributed by atoms with Crippen LogP contribution in [-0.4, -0.2) is 0 Å². The van der Waals surface area contributed by atoms with Crippen LogP contribution in [0.1, 0.15) is 25.0 Å².